The van der Waals surface area contributed by atoms with Crippen molar-refractivity contribution in [2.75, 3.05) is 25.5 Å². The number of aryl methyl sites for hydroxylation is 1. The van der Waals surface area contributed by atoms with E-state index in [1.165, 1.54) is 11.3 Å². The molecule has 0 unspecified atom stereocenters. The molecule has 1 N–H and O–H groups in total. The number of aromatic nitrogens is 1. The summed E-state index contributed by atoms with van der Waals surface area (Å²) in [5.74, 6) is -0.112. The molecule has 1 aromatic carbocycles. The minimum Gasteiger partial charge on any atom is -0.378 e. The third-order valence-corrected chi connectivity index (χ3v) is 3.28. The Labute approximate surface area is 125 Å². The van der Waals surface area contributed by atoms with Crippen LogP contribution in [0.15, 0.2) is 48.7 Å². The van der Waals surface area contributed by atoms with E-state index in [1.807, 2.05) is 20.2 Å². The van der Waals surface area contributed by atoms with Gasteiger partial charge in [-0.05, 0) is 42.7 Å². The first kappa shape index (κ1) is 15.0. The van der Waals surface area contributed by atoms with E-state index in [1.54, 1.807) is 18.3 Å². The number of carbonyl (C=O) groups is 1. The van der Waals surface area contributed by atoms with E-state index in [0.717, 1.165) is 12.8 Å². The number of hydrogen-bond acceptors (Lipinski definition) is 3. The van der Waals surface area contributed by atoms with Crippen LogP contribution in [0.5, 0.6) is 0 Å². The summed E-state index contributed by atoms with van der Waals surface area (Å²) in [6.07, 6.45) is 3.50. The zero-order valence-electron chi connectivity index (χ0n) is 12.5. The van der Waals surface area contributed by atoms with Gasteiger partial charge in [0, 0.05) is 32.5 Å². The Hall–Kier alpha value is -2.36. The van der Waals surface area contributed by atoms with Crippen molar-refractivity contribution in [3.05, 3.63) is 59.9 Å². The molecule has 0 fully saturated rings. The van der Waals surface area contributed by atoms with Gasteiger partial charge in [0.1, 0.15) is 5.69 Å². The van der Waals surface area contributed by atoms with Crippen LogP contribution in [0, 0.1) is 0 Å². The van der Waals surface area contributed by atoms with E-state index < -0.39 is 0 Å². The number of rotatable bonds is 6. The molecule has 21 heavy (non-hydrogen) atoms. The van der Waals surface area contributed by atoms with Crippen molar-refractivity contribution >= 4 is 11.6 Å². The molecule has 110 valence electrons. The van der Waals surface area contributed by atoms with Crippen LogP contribution in [-0.4, -0.2) is 31.5 Å². The SMILES string of the molecule is CN(C)c1ccc(CCCNC(=O)c2ccccn2)cc1. The number of hydrogen-bond donors (Lipinski definition) is 1. The van der Waals surface area contributed by atoms with Gasteiger partial charge in [-0.25, -0.2) is 0 Å². The number of benzene rings is 1. The summed E-state index contributed by atoms with van der Waals surface area (Å²) in [5, 5.41) is 2.89. The van der Waals surface area contributed by atoms with Crippen LogP contribution in [0.1, 0.15) is 22.5 Å². The van der Waals surface area contributed by atoms with Crippen molar-refractivity contribution < 1.29 is 4.79 Å². The van der Waals surface area contributed by atoms with Gasteiger partial charge in [-0.2, -0.15) is 0 Å². The van der Waals surface area contributed by atoms with Crippen LogP contribution >= 0.6 is 0 Å². The van der Waals surface area contributed by atoms with Crippen LogP contribution in [0.4, 0.5) is 5.69 Å². The van der Waals surface area contributed by atoms with Crippen molar-refractivity contribution in [1.82, 2.24) is 10.3 Å². The largest absolute Gasteiger partial charge is 0.378 e. The molecule has 1 amide bonds. The van der Waals surface area contributed by atoms with Crippen molar-refractivity contribution in [1.29, 1.82) is 0 Å². The van der Waals surface area contributed by atoms with Gasteiger partial charge in [0.05, 0.1) is 0 Å². The predicted octanol–water partition coefficient (Wildman–Crippen LogP) is 2.51. The maximum absolute atomic E-state index is 11.8. The molecule has 0 aliphatic rings. The minimum absolute atomic E-state index is 0.112. The molecule has 4 nitrogen and oxygen atoms in total. The lowest BCUT2D eigenvalue weighted by Gasteiger charge is -2.12. The number of pyridine rings is 1. The second-order valence-corrected chi connectivity index (χ2v) is 5.14. The van der Waals surface area contributed by atoms with Gasteiger partial charge in [-0.1, -0.05) is 18.2 Å². The van der Waals surface area contributed by atoms with Crippen LogP contribution < -0.4 is 10.2 Å². The van der Waals surface area contributed by atoms with Crippen LogP contribution in [0.2, 0.25) is 0 Å². The second kappa shape index (κ2) is 7.43. The zero-order chi connectivity index (χ0) is 15.1. The molecule has 0 saturated carbocycles. The Morgan fingerprint density at radius 2 is 1.90 bits per heavy atom. The standard InChI is InChI=1S/C17H21N3O/c1-20(2)15-10-8-14(9-11-15)6-5-13-19-17(21)16-7-3-4-12-18-16/h3-4,7-12H,5-6,13H2,1-2H3,(H,19,21). The monoisotopic (exact) mass is 283 g/mol. The van der Waals surface area contributed by atoms with E-state index in [0.29, 0.717) is 12.2 Å². The molecular weight excluding hydrogens is 262 g/mol. The zero-order valence-corrected chi connectivity index (χ0v) is 12.5. The van der Waals surface area contributed by atoms with Gasteiger partial charge in [-0.15, -0.1) is 0 Å². The van der Waals surface area contributed by atoms with E-state index in [9.17, 15) is 4.79 Å². The summed E-state index contributed by atoms with van der Waals surface area (Å²) in [6, 6.07) is 13.8. The normalized spacial score (nSPS) is 10.2. The second-order valence-electron chi connectivity index (χ2n) is 5.14. The molecule has 0 aliphatic carbocycles. The maximum atomic E-state index is 11.8. The number of anilines is 1. The van der Waals surface area contributed by atoms with Crippen molar-refractivity contribution in [2.24, 2.45) is 0 Å². The van der Waals surface area contributed by atoms with Gasteiger partial charge in [0.15, 0.2) is 0 Å². The highest BCUT2D eigenvalue weighted by molar-refractivity contribution is 5.92. The number of carbonyl (C=O) groups excluding carboxylic acids is 1. The molecular formula is C17H21N3O. The van der Waals surface area contributed by atoms with Crippen LogP contribution in [0.3, 0.4) is 0 Å². The summed E-state index contributed by atoms with van der Waals surface area (Å²) in [5.41, 5.74) is 2.95. The molecule has 2 aromatic rings. The van der Waals surface area contributed by atoms with E-state index in [2.05, 4.69) is 39.5 Å². The lowest BCUT2D eigenvalue weighted by Crippen LogP contribution is -2.25. The first-order chi connectivity index (χ1) is 10.2. The number of nitrogens with one attached hydrogen (secondary N) is 1. The number of nitrogens with zero attached hydrogens (tertiary/aromatic N) is 2. The Bertz CT molecular complexity index is 564. The molecule has 0 atom stereocenters. The maximum Gasteiger partial charge on any atom is 0.269 e. The smallest absolute Gasteiger partial charge is 0.269 e. The fourth-order valence-electron chi connectivity index (χ4n) is 2.04. The van der Waals surface area contributed by atoms with Gasteiger partial charge < -0.3 is 10.2 Å². The van der Waals surface area contributed by atoms with Crippen LogP contribution in [0.25, 0.3) is 0 Å². The molecule has 0 bridgehead atoms. The quantitative estimate of drug-likeness (QED) is 0.829. The first-order valence-corrected chi connectivity index (χ1v) is 7.12. The molecule has 1 heterocycles. The Balaban J connectivity index is 1.73. The summed E-state index contributed by atoms with van der Waals surface area (Å²) in [6.45, 7) is 0.658. The minimum atomic E-state index is -0.112. The lowest BCUT2D eigenvalue weighted by atomic mass is 10.1. The Kier molecular flexibility index (Phi) is 5.32. The van der Waals surface area contributed by atoms with E-state index in [-0.39, 0.29) is 5.91 Å². The summed E-state index contributed by atoms with van der Waals surface area (Å²) >= 11 is 0. The average molecular weight is 283 g/mol. The van der Waals surface area contributed by atoms with Crippen molar-refractivity contribution in [2.45, 2.75) is 12.8 Å². The Morgan fingerprint density at radius 3 is 2.52 bits per heavy atom. The van der Waals surface area contributed by atoms with Gasteiger partial charge in [0.25, 0.3) is 5.91 Å². The van der Waals surface area contributed by atoms with Gasteiger partial charge in [0.2, 0.25) is 0 Å². The van der Waals surface area contributed by atoms with E-state index >= 15 is 0 Å². The summed E-state index contributed by atoms with van der Waals surface area (Å²) < 4.78 is 0. The lowest BCUT2D eigenvalue weighted by molar-refractivity contribution is 0.0948. The molecule has 1 aromatic heterocycles. The summed E-state index contributed by atoms with van der Waals surface area (Å²) in [7, 11) is 4.06. The summed E-state index contributed by atoms with van der Waals surface area (Å²) in [4.78, 5) is 17.9. The first-order valence-electron chi connectivity index (χ1n) is 7.12. The average Bonchev–Trinajstić information content (AvgIpc) is 2.52. The fraction of sp³-hybridized carbons (Fsp3) is 0.294. The number of amides is 1. The van der Waals surface area contributed by atoms with Crippen molar-refractivity contribution in [3.8, 4) is 0 Å². The highest BCUT2D eigenvalue weighted by atomic mass is 16.1. The molecule has 2 rings (SSSR count). The van der Waals surface area contributed by atoms with Crippen molar-refractivity contribution in [3.63, 3.8) is 0 Å². The third-order valence-electron chi connectivity index (χ3n) is 3.28. The van der Waals surface area contributed by atoms with Gasteiger partial charge in [-0.3, -0.25) is 9.78 Å². The highest BCUT2D eigenvalue weighted by Gasteiger charge is 2.04. The van der Waals surface area contributed by atoms with Gasteiger partial charge >= 0.3 is 0 Å². The topological polar surface area (TPSA) is 45.2 Å². The fourth-order valence-corrected chi connectivity index (χ4v) is 2.04. The molecule has 0 radical (unpaired) electrons. The molecule has 4 heteroatoms. The third kappa shape index (κ3) is 4.60. The predicted molar refractivity (Wildman–Crippen MR) is 85.7 cm³/mol. The highest BCUT2D eigenvalue weighted by Crippen LogP contribution is 2.13. The van der Waals surface area contributed by atoms with E-state index in [4.69, 9.17) is 0 Å². The van der Waals surface area contributed by atoms with Crippen LogP contribution in [-0.2, 0) is 6.42 Å². The molecule has 0 saturated heterocycles. The molecule has 0 aliphatic heterocycles. The Morgan fingerprint density at radius 1 is 1.14 bits per heavy atom. The molecule has 0 spiro atoms.